The van der Waals surface area contributed by atoms with Crippen molar-refractivity contribution in [3.05, 3.63) is 0 Å². The normalized spacial score (nSPS) is 15.6. The molecule has 0 spiro atoms. The van der Waals surface area contributed by atoms with E-state index < -0.39 is 5.97 Å². The van der Waals surface area contributed by atoms with Crippen LogP contribution in [0.5, 0.6) is 0 Å². The number of thioether (sulfide) groups is 1. The van der Waals surface area contributed by atoms with E-state index in [1.807, 2.05) is 19.0 Å². The summed E-state index contributed by atoms with van der Waals surface area (Å²) in [6.45, 7) is 2.50. The molecule has 0 aliphatic carbocycles. The molecule has 0 aromatic heterocycles. The van der Waals surface area contributed by atoms with Crippen LogP contribution in [0.25, 0.3) is 0 Å². The summed E-state index contributed by atoms with van der Waals surface area (Å²) in [7, 11) is 3.69. The molecular weight excluding hydrogens is 282 g/mol. The van der Waals surface area contributed by atoms with Gasteiger partial charge < -0.3 is 19.8 Å². The molecule has 0 radical (unpaired) electrons. The number of aliphatic carboxylic acids is 1. The zero-order valence-corrected chi connectivity index (χ0v) is 12.7. The van der Waals surface area contributed by atoms with Gasteiger partial charge in [-0.25, -0.2) is 0 Å². The van der Waals surface area contributed by atoms with Gasteiger partial charge in [0.2, 0.25) is 11.8 Å². The van der Waals surface area contributed by atoms with E-state index >= 15 is 0 Å². The minimum atomic E-state index is -0.915. The van der Waals surface area contributed by atoms with E-state index in [0.29, 0.717) is 32.7 Å². The van der Waals surface area contributed by atoms with Crippen LogP contribution in [0.4, 0.5) is 0 Å². The largest absolute Gasteiger partial charge is 0.481 e. The Hall–Kier alpha value is -1.28. The number of carbonyl (C=O) groups excluding carboxylic acids is 2. The molecular formula is C12H21N3O4S. The van der Waals surface area contributed by atoms with Crippen molar-refractivity contribution in [3.8, 4) is 0 Å². The van der Waals surface area contributed by atoms with Crippen molar-refractivity contribution in [2.45, 2.75) is 0 Å². The molecule has 7 nitrogen and oxygen atoms in total. The number of carboxylic acids is 1. The monoisotopic (exact) mass is 303 g/mol. The second-order valence-corrected chi connectivity index (χ2v) is 5.87. The van der Waals surface area contributed by atoms with Crippen molar-refractivity contribution in [2.75, 3.05) is 58.3 Å². The Bertz CT molecular complexity index is 368. The van der Waals surface area contributed by atoms with Crippen LogP contribution in [0, 0.1) is 0 Å². The predicted molar refractivity (Wildman–Crippen MR) is 76.7 cm³/mol. The summed E-state index contributed by atoms with van der Waals surface area (Å²) in [4.78, 5) is 39.3. The van der Waals surface area contributed by atoms with Crippen LogP contribution >= 0.6 is 11.8 Å². The minimum Gasteiger partial charge on any atom is -0.481 e. The van der Waals surface area contributed by atoms with Gasteiger partial charge in [0.1, 0.15) is 0 Å². The highest BCUT2D eigenvalue weighted by Crippen LogP contribution is 2.07. The van der Waals surface area contributed by atoms with Gasteiger partial charge in [-0.2, -0.15) is 0 Å². The molecule has 2 amide bonds. The van der Waals surface area contributed by atoms with E-state index in [2.05, 4.69) is 0 Å². The molecule has 1 heterocycles. The molecule has 8 heteroatoms. The van der Waals surface area contributed by atoms with Crippen molar-refractivity contribution in [2.24, 2.45) is 0 Å². The Labute approximate surface area is 122 Å². The first-order valence-electron chi connectivity index (χ1n) is 6.40. The fourth-order valence-electron chi connectivity index (χ4n) is 1.89. The summed E-state index contributed by atoms with van der Waals surface area (Å²) in [5, 5.41) is 8.51. The zero-order chi connectivity index (χ0) is 15.1. The number of hydrogen-bond donors (Lipinski definition) is 1. The molecule has 0 aromatic carbocycles. The van der Waals surface area contributed by atoms with E-state index in [1.165, 1.54) is 0 Å². The lowest BCUT2D eigenvalue weighted by Crippen LogP contribution is -2.52. The molecule has 0 atom stereocenters. The van der Waals surface area contributed by atoms with Gasteiger partial charge in [0.25, 0.3) is 0 Å². The summed E-state index contributed by atoms with van der Waals surface area (Å²) in [6.07, 6.45) is 0. The van der Waals surface area contributed by atoms with Crippen LogP contribution in [0.3, 0.4) is 0 Å². The number of rotatable bonds is 6. The maximum Gasteiger partial charge on any atom is 0.313 e. The summed E-state index contributed by atoms with van der Waals surface area (Å²) >= 11 is 1.10. The quantitative estimate of drug-likeness (QED) is 0.680. The van der Waals surface area contributed by atoms with E-state index in [9.17, 15) is 14.4 Å². The van der Waals surface area contributed by atoms with Gasteiger partial charge in [-0.05, 0) is 14.1 Å². The highest BCUT2D eigenvalue weighted by molar-refractivity contribution is 8.00. The van der Waals surface area contributed by atoms with Crippen molar-refractivity contribution < 1.29 is 19.5 Å². The summed E-state index contributed by atoms with van der Waals surface area (Å²) in [5.41, 5.74) is 0. The van der Waals surface area contributed by atoms with Crippen molar-refractivity contribution in [1.29, 1.82) is 0 Å². The maximum atomic E-state index is 11.8. The first-order valence-corrected chi connectivity index (χ1v) is 7.55. The van der Waals surface area contributed by atoms with Crippen LogP contribution in [-0.2, 0) is 14.4 Å². The molecule has 0 aromatic rings. The third-order valence-electron chi connectivity index (χ3n) is 2.89. The van der Waals surface area contributed by atoms with Gasteiger partial charge in [-0.3, -0.25) is 14.4 Å². The molecule has 1 rings (SSSR count). The number of carboxylic acid groups (broad SMARTS) is 1. The molecule has 0 bridgehead atoms. The van der Waals surface area contributed by atoms with Gasteiger partial charge in [0.05, 0.1) is 18.1 Å². The number of hydrogen-bond acceptors (Lipinski definition) is 5. The van der Waals surface area contributed by atoms with E-state index in [-0.39, 0.29) is 23.3 Å². The Balaban J connectivity index is 2.29. The Kier molecular flexibility index (Phi) is 6.80. The van der Waals surface area contributed by atoms with Gasteiger partial charge in [-0.1, -0.05) is 0 Å². The molecule has 1 saturated heterocycles. The van der Waals surface area contributed by atoms with E-state index in [1.54, 1.807) is 9.80 Å². The standard InChI is InChI=1S/C12H21N3O4S/c1-13(2)7-10(16)14-3-5-15(6-4-14)11(17)8-20-9-12(18)19/h3-9H2,1-2H3,(H,18,19). The fourth-order valence-corrected chi connectivity index (χ4v) is 2.53. The lowest BCUT2D eigenvalue weighted by molar-refractivity contribution is -0.138. The Morgan fingerprint density at radius 3 is 1.95 bits per heavy atom. The summed E-state index contributed by atoms with van der Waals surface area (Å²) in [5.74, 6) is -0.787. The first-order chi connectivity index (χ1) is 9.40. The minimum absolute atomic E-state index is 0.0593. The molecule has 114 valence electrons. The average molecular weight is 303 g/mol. The number of amides is 2. The maximum absolute atomic E-state index is 11.8. The fraction of sp³-hybridized carbons (Fsp3) is 0.750. The van der Waals surface area contributed by atoms with Crippen molar-refractivity contribution in [1.82, 2.24) is 14.7 Å². The number of piperazine rings is 1. The van der Waals surface area contributed by atoms with Crippen molar-refractivity contribution >= 4 is 29.5 Å². The third kappa shape index (κ3) is 5.79. The van der Waals surface area contributed by atoms with Crippen LogP contribution < -0.4 is 0 Å². The molecule has 1 N–H and O–H groups in total. The second-order valence-electron chi connectivity index (χ2n) is 4.89. The highest BCUT2D eigenvalue weighted by atomic mass is 32.2. The van der Waals surface area contributed by atoms with E-state index in [0.717, 1.165) is 11.8 Å². The molecule has 1 aliphatic heterocycles. The number of carbonyl (C=O) groups is 3. The SMILES string of the molecule is CN(C)CC(=O)N1CCN(C(=O)CSCC(=O)O)CC1. The molecule has 1 fully saturated rings. The van der Waals surface area contributed by atoms with Crippen molar-refractivity contribution in [3.63, 3.8) is 0 Å². The van der Waals surface area contributed by atoms with Crippen LogP contribution in [-0.4, -0.2) is 95.9 Å². The topological polar surface area (TPSA) is 81.2 Å². The van der Waals surface area contributed by atoms with E-state index in [4.69, 9.17) is 5.11 Å². The second kappa shape index (κ2) is 8.11. The molecule has 20 heavy (non-hydrogen) atoms. The lowest BCUT2D eigenvalue weighted by atomic mass is 10.3. The number of nitrogens with zero attached hydrogens (tertiary/aromatic N) is 3. The van der Waals surface area contributed by atoms with Gasteiger partial charge in [-0.15, -0.1) is 11.8 Å². The molecule has 0 unspecified atom stereocenters. The van der Waals surface area contributed by atoms with Crippen LogP contribution in [0.15, 0.2) is 0 Å². The van der Waals surface area contributed by atoms with Crippen LogP contribution in [0.2, 0.25) is 0 Å². The van der Waals surface area contributed by atoms with Gasteiger partial charge in [0.15, 0.2) is 0 Å². The molecule has 0 saturated carbocycles. The Morgan fingerprint density at radius 1 is 1.00 bits per heavy atom. The average Bonchev–Trinajstić information content (AvgIpc) is 2.37. The lowest BCUT2D eigenvalue weighted by Gasteiger charge is -2.35. The summed E-state index contributed by atoms with van der Waals surface area (Å²) in [6, 6.07) is 0. The first kappa shape index (κ1) is 16.8. The number of likely N-dealkylation sites (N-methyl/N-ethyl adjacent to an activating group) is 1. The smallest absolute Gasteiger partial charge is 0.313 e. The highest BCUT2D eigenvalue weighted by Gasteiger charge is 2.24. The third-order valence-corrected chi connectivity index (χ3v) is 3.79. The Morgan fingerprint density at radius 2 is 1.50 bits per heavy atom. The van der Waals surface area contributed by atoms with Gasteiger partial charge >= 0.3 is 5.97 Å². The summed E-state index contributed by atoms with van der Waals surface area (Å²) < 4.78 is 0. The molecule has 1 aliphatic rings. The van der Waals surface area contributed by atoms with Gasteiger partial charge in [0, 0.05) is 26.2 Å². The predicted octanol–water partition coefficient (Wildman–Crippen LogP) is -0.963. The zero-order valence-electron chi connectivity index (χ0n) is 11.9. The van der Waals surface area contributed by atoms with Crippen LogP contribution in [0.1, 0.15) is 0 Å².